The Balaban J connectivity index is 1.92. The minimum absolute atomic E-state index is 0.423. The van der Waals surface area contributed by atoms with Gasteiger partial charge in [-0.3, -0.25) is 9.58 Å². The molecule has 1 saturated heterocycles. The molecular weight excluding hydrogens is 210 g/mol. The monoisotopic (exact) mass is 225 g/mol. The van der Waals surface area contributed by atoms with Crippen LogP contribution in [0.15, 0.2) is 12.3 Å². The van der Waals surface area contributed by atoms with Crippen LogP contribution in [-0.2, 0) is 23.1 Å². The van der Waals surface area contributed by atoms with Crippen LogP contribution < -0.4 is 0 Å². The smallest absolute Gasteiger partial charge is 0.334 e. The van der Waals surface area contributed by atoms with Gasteiger partial charge in [0.2, 0.25) is 0 Å². The molecule has 6 heteroatoms. The third-order valence-corrected chi connectivity index (χ3v) is 2.58. The topological polar surface area (TPSA) is 67.6 Å². The number of carboxylic acid groups (broad SMARTS) is 1. The maximum absolute atomic E-state index is 10.8. The van der Waals surface area contributed by atoms with E-state index in [1.54, 1.807) is 4.68 Å². The van der Waals surface area contributed by atoms with Crippen molar-refractivity contribution >= 4 is 5.97 Å². The van der Waals surface area contributed by atoms with E-state index in [-0.39, 0.29) is 0 Å². The molecule has 0 aromatic carbocycles. The van der Waals surface area contributed by atoms with E-state index < -0.39 is 12.1 Å². The molecule has 0 spiro atoms. The molecule has 0 bridgehead atoms. The van der Waals surface area contributed by atoms with Crippen LogP contribution in [0.4, 0.5) is 0 Å². The predicted octanol–water partition coefficient (Wildman–Crippen LogP) is -0.295. The van der Waals surface area contributed by atoms with Crippen molar-refractivity contribution in [2.45, 2.75) is 12.6 Å². The molecular formula is C10H15N3O3. The average Bonchev–Trinajstić information content (AvgIpc) is 2.64. The fourth-order valence-corrected chi connectivity index (χ4v) is 1.77. The highest BCUT2D eigenvalue weighted by Crippen LogP contribution is 2.09. The Morgan fingerprint density at radius 1 is 1.75 bits per heavy atom. The van der Waals surface area contributed by atoms with Crippen LogP contribution in [0.5, 0.6) is 0 Å². The van der Waals surface area contributed by atoms with Gasteiger partial charge in [-0.25, -0.2) is 4.79 Å². The van der Waals surface area contributed by atoms with Crippen LogP contribution in [0.1, 0.15) is 5.69 Å². The summed E-state index contributed by atoms with van der Waals surface area (Å²) in [5.74, 6) is -0.897. The molecule has 0 amide bonds. The van der Waals surface area contributed by atoms with Gasteiger partial charge in [0, 0.05) is 32.9 Å². The minimum Gasteiger partial charge on any atom is -0.479 e. The van der Waals surface area contributed by atoms with Crippen molar-refractivity contribution in [3.63, 3.8) is 0 Å². The second-order valence-corrected chi connectivity index (χ2v) is 3.91. The normalized spacial score (nSPS) is 22.2. The molecule has 1 aliphatic rings. The molecule has 2 rings (SSSR count). The van der Waals surface area contributed by atoms with Crippen LogP contribution in [0.25, 0.3) is 0 Å². The van der Waals surface area contributed by atoms with E-state index in [0.717, 1.165) is 12.2 Å². The molecule has 0 radical (unpaired) electrons. The third kappa shape index (κ3) is 2.59. The Hall–Kier alpha value is -1.40. The van der Waals surface area contributed by atoms with E-state index in [2.05, 4.69) is 5.10 Å². The molecule has 2 heterocycles. The van der Waals surface area contributed by atoms with Crippen LogP contribution in [0, 0.1) is 0 Å². The molecule has 88 valence electrons. The zero-order valence-corrected chi connectivity index (χ0v) is 9.17. The third-order valence-electron chi connectivity index (χ3n) is 2.58. The highest BCUT2D eigenvalue weighted by atomic mass is 16.5. The van der Waals surface area contributed by atoms with Crippen molar-refractivity contribution in [1.29, 1.82) is 0 Å². The second kappa shape index (κ2) is 4.63. The van der Waals surface area contributed by atoms with E-state index in [9.17, 15) is 4.79 Å². The number of hydrogen-bond donors (Lipinski definition) is 1. The summed E-state index contributed by atoms with van der Waals surface area (Å²) in [7, 11) is 1.86. The van der Waals surface area contributed by atoms with E-state index >= 15 is 0 Å². The molecule has 0 aliphatic carbocycles. The van der Waals surface area contributed by atoms with Gasteiger partial charge in [0.15, 0.2) is 6.10 Å². The van der Waals surface area contributed by atoms with Crippen LogP contribution >= 0.6 is 0 Å². The van der Waals surface area contributed by atoms with Gasteiger partial charge in [0.1, 0.15) is 0 Å². The molecule has 1 aromatic heterocycles. The summed E-state index contributed by atoms with van der Waals surface area (Å²) < 4.78 is 6.89. The average molecular weight is 225 g/mol. The number of aryl methyl sites for hydroxylation is 1. The number of nitrogens with zero attached hydrogens (tertiary/aromatic N) is 3. The van der Waals surface area contributed by atoms with Crippen molar-refractivity contribution in [3.05, 3.63) is 18.0 Å². The van der Waals surface area contributed by atoms with Crippen LogP contribution in [0.3, 0.4) is 0 Å². The van der Waals surface area contributed by atoms with E-state index in [1.807, 2.05) is 24.2 Å². The predicted molar refractivity (Wildman–Crippen MR) is 55.9 cm³/mol. The van der Waals surface area contributed by atoms with Gasteiger partial charge in [-0.2, -0.15) is 5.10 Å². The van der Waals surface area contributed by atoms with Gasteiger partial charge < -0.3 is 9.84 Å². The number of ether oxygens (including phenoxy) is 1. The van der Waals surface area contributed by atoms with E-state index in [0.29, 0.717) is 19.7 Å². The number of hydrogen-bond acceptors (Lipinski definition) is 4. The molecule has 0 saturated carbocycles. The minimum atomic E-state index is -0.897. The first kappa shape index (κ1) is 11.1. The number of aromatic nitrogens is 2. The van der Waals surface area contributed by atoms with Crippen LogP contribution in [-0.4, -0.2) is 51.6 Å². The lowest BCUT2D eigenvalue weighted by Gasteiger charge is -2.30. The van der Waals surface area contributed by atoms with Crippen molar-refractivity contribution in [2.24, 2.45) is 7.05 Å². The first-order chi connectivity index (χ1) is 7.65. The van der Waals surface area contributed by atoms with Crippen molar-refractivity contribution < 1.29 is 14.6 Å². The van der Waals surface area contributed by atoms with Crippen molar-refractivity contribution in [3.8, 4) is 0 Å². The second-order valence-electron chi connectivity index (χ2n) is 3.91. The zero-order valence-electron chi connectivity index (χ0n) is 9.17. The molecule has 1 atom stereocenters. The molecule has 1 N–H and O–H groups in total. The summed E-state index contributed by atoms with van der Waals surface area (Å²) in [6, 6.07) is 1.94. The molecule has 6 nitrogen and oxygen atoms in total. The Morgan fingerprint density at radius 2 is 2.56 bits per heavy atom. The Labute approximate surface area is 93.4 Å². The van der Waals surface area contributed by atoms with Gasteiger partial charge in [-0.15, -0.1) is 0 Å². The highest BCUT2D eigenvalue weighted by molar-refractivity contribution is 5.72. The number of rotatable bonds is 3. The molecule has 1 fully saturated rings. The Bertz CT molecular complexity index is 377. The Morgan fingerprint density at radius 3 is 3.19 bits per heavy atom. The largest absolute Gasteiger partial charge is 0.479 e. The Kier molecular flexibility index (Phi) is 3.21. The molecule has 1 aliphatic heterocycles. The lowest BCUT2D eigenvalue weighted by Crippen LogP contribution is -2.45. The van der Waals surface area contributed by atoms with Gasteiger partial charge >= 0.3 is 5.97 Å². The number of carboxylic acids is 1. The number of morpholine rings is 1. The lowest BCUT2D eigenvalue weighted by molar-refractivity contribution is -0.156. The van der Waals surface area contributed by atoms with Crippen molar-refractivity contribution in [2.75, 3.05) is 19.7 Å². The first-order valence-electron chi connectivity index (χ1n) is 5.20. The van der Waals surface area contributed by atoms with Crippen LogP contribution in [0.2, 0.25) is 0 Å². The fraction of sp³-hybridized carbons (Fsp3) is 0.600. The maximum Gasteiger partial charge on any atom is 0.334 e. The summed E-state index contributed by atoms with van der Waals surface area (Å²) in [6.07, 6.45) is 1.17. The van der Waals surface area contributed by atoms with Gasteiger partial charge in [0.05, 0.1) is 12.3 Å². The summed E-state index contributed by atoms with van der Waals surface area (Å²) in [4.78, 5) is 12.8. The van der Waals surface area contributed by atoms with E-state index in [4.69, 9.17) is 9.84 Å². The molecule has 16 heavy (non-hydrogen) atoms. The van der Waals surface area contributed by atoms with Gasteiger partial charge in [-0.1, -0.05) is 0 Å². The quantitative estimate of drug-likeness (QED) is 0.765. The molecule has 1 unspecified atom stereocenters. The highest BCUT2D eigenvalue weighted by Gasteiger charge is 2.26. The standard InChI is InChI=1S/C10H15N3O3/c1-12-3-2-8(11-12)6-13-4-5-16-9(7-13)10(14)15/h2-3,9H,4-7H2,1H3,(H,14,15). The SMILES string of the molecule is Cn1ccc(CN2CCOC(C(=O)O)C2)n1. The lowest BCUT2D eigenvalue weighted by atomic mass is 10.2. The fourth-order valence-electron chi connectivity index (χ4n) is 1.77. The van der Waals surface area contributed by atoms with Gasteiger partial charge in [0.25, 0.3) is 0 Å². The number of aliphatic carboxylic acids is 1. The van der Waals surface area contributed by atoms with Crippen molar-refractivity contribution in [1.82, 2.24) is 14.7 Å². The summed E-state index contributed by atoms with van der Waals surface area (Å²) in [5.41, 5.74) is 0.952. The summed E-state index contributed by atoms with van der Waals surface area (Å²) >= 11 is 0. The number of carbonyl (C=O) groups is 1. The summed E-state index contributed by atoms with van der Waals surface area (Å²) in [6.45, 7) is 2.31. The molecule has 1 aromatic rings. The summed E-state index contributed by atoms with van der Waals surface area (Å²) in [5, 5.41) is 13.1. The van der Waals surface area contributed by atoms with E-state index in [1.165, 1.54) is 0 Å². The zero-order chi connectivity index (χ0) is 11.5. The van der Waals surface area contributed by atoms with Gasteiger partial charge in [-0.05, 0) is 6.07 Å². The maximum atomic E-state index is 10.8. The first-order valence-corrected chi connectivity index (χ1v) is 5.20.